The van der Waals surface area contributed by atoms with Crippen molar-refractivity contribution in [1.82, 2.24) is 9.97 Å². The molecule has 1 N–H and O–H groups in total. The van der Waals surface area contributed by atoms with E-state index in [0.717, 1.165) is 29.0 Å². The lowest BCUT2D eigenvalue weighted by Crippen LogP contribution is -2.06. The van der Waals surface area contributed by atoms with Gasteiger partial charge in [0.05, 0.1) is 18.3 Å². The van der Waals surface area contributed by atoms with E-state index >= 15 is 0 Å². The largest absolute Gasteiger partial charge is 0.502 e. The monoisotopic (exact) mass is 311 g/mol. The molecule has 2 aromatic heterocycles. The number of anilines is 1. The minimum atomic E-state index is 0.656. The third-order valence-electron chi connectivity index (χ3n) is 3.24. The number of hydrogen-bond donors (Lipinski definition) is 1. The summed E-state index contributed by atoms with van der Waals surface area (Å²) < 4.78 is 5.11. The van der Waals surface area contributed by atoms with Gasteiger partial charge in [0.1, 0.15) is 17.0 Å². The molecule has 0 radical (unpaired) electrons. The van der Waals surface area contributed by atoms with Gasteiger partial charge >= 0.3 is 0 Å². The van der Waals surface area contributed by atoms with Crippen LogP contribution in [-0.4, -0.2) is 23.1 Å². The average Bonchev–Trinajstić information content (AvgIpc) is 3.00. The summed E-state index contributed by atoms with van der Waals surface area (Å²) in [4.78, 5) is 10.9. The van der Waals surface area contributed by atoms with Gasteiger partial charge in [-0.1, -0.05) is 36.9 Å². The van der Waals surface area contributed by atoms with E-state index in [1.165, 1.54) is 16.7 Å². The van der Waals surface area contributed by atoms with E-state index in [-0.39, 0.29) is 0 Å². The highest BCUT2D eigenvalue weighted by Crippen LogP contribution is 2.34. The number of thiophene rings is 1. The van der Waals surface area contributed by atoms with E-state index < -0.39 is 0 Å². The fourth-order valence-electron chi connectivity index (χ4n) is 2.19. The van der Waals surface area contributed by atoms with Gasteiger partial charge in [-0.05, 0) is 18.1 Å². The Morgan fingerprint density at radius 2 is 2.09 bits per heavy atom. The van der Waals surface area contributed by atoms with Crippen molar-refractivity contribution in [1.29, 1.82) is 0 Å². The number of nitrogens with one attached hydrogen (secondary N) is 1. The molecule has 22 heavy (non-hydrogen) atoms. The summed E-state index contributed by atoms with van der Waals surface area (Å²) in [5.41, 5.74) is 1.20. The normalized spacial score (nSPS) is 10.5. The molecular weight excluding hydrogens is 294 g/mol. The molecule has 0 saturated heterocycles. The van der Waals surface area contributed by atoms with Gasteiger partial charge < -0.3 is 10.1 Å². The maximum absolute atomic E-state index is 5.11. The van der Waals surface area contributed by atoms with Gasteiger partial charge in [-0.15, -0.1) is 11.3 Å². The van der Waals surface area contributed by atoms with E-state index in [0.29, 0.717) is 6.61 Å². The summed E-state index contributed by atoms with van der Waals surface area (Å²) in [7, 11) is 0. The molecule has 0 aliphatic carbocycles. The summed E-state index contributed by atoms with van der Waals surface area (Å²) in [6.07, 6.45) is 3.97. The van der Waals surface area contributed by atoms with E-state index in [4.69, 9.17) is 4.74 Å². The van der Waals surface area contributed by atoms with Crippen molar-refractivity contribution in [2.75, 3.05) is 18.5 Å². The summed E-state index contributed by atoms with van der Waals surface area (Å²) in [6.45, 7) is 4.99. The quantitative estimate of drug-likeness (QED) is 0.521. The van der Waals surface area contributed by atoms with Crippen molar-refractivity contribution in [2.24, 2.45) is 0 Å². The van der Waals surface area contributed by atoms with Crippen molar-refractivity contribution < 1.29 is 4.74 Å². The second-order valence-electron chi connectivity index (χ2n) is 4.74. The van der Waals surface area contributed by atoms with Crippen molar-refractivity contribution >= 4 is 27.4 Å². The predicted molar refractivity (Wildman–Crippen MR) is 92.1 cm³/mol. The molecule has 0 saturated carbocycles. The summed E-state index contributed by atoms with van der Waals surface area (Å²) in [6, 6.07) is 12.5. The maximum atomic E-state index is 5.11. The first-order valence-corrected chi connectivity index (χ1v) is 7.96. The fraction of sp³-hybridized carbons (Fsp3) is 0.176. The average molecular weight is 311 g/mol. The zero-order chi connectivity index (χ0) is 15.2. The van der Waals surface area contributed by atoms with Crippen LogP contribution in [0.5, 0.6) is 0 Å². The molecule has 0 aliphatic heterocycles. The standard InChI is InChI=1S/C17H17N3OS/c1-2-21-10-6-9-18-16-14-11-15(13-7-4-3-5-8-13)22-17(14)20-12-19-16/h2-5,7-8,11-12H,1,6,9-10H2,(H,18,19,20). The number of rotatable bonds is 7. The first-order chi connectivity index (χ1) is 10.9. The van der Waals surface area contributed by atoms with E-state index in [1.807, 2.05) is 18.2 Å². The highest BCUT2D eigenvalue weighted by Gasteiger charge is 2.09. The van der Waals surface area contributed by atoms with E-state index in [2.05, 4.69) is 40.1 Å². The third kappa shape index (κ3) is 3.26. The Labute approximate surface area is 133 Å². The summed E-state index contributed by atoms with van der Waals surface area (Å²) >= 11 is 1.68. The van der Waals surface area contributed by atoms with Gasteiger partial charge in [0.15, 0.2) is 0 Å². The molecule has 3 aromatic rings. The summed E-state index contributed by atoms with van der Waals surface area (Å²) in [5.74, 6) is 0.877. The minimum absolute atomic E-state index is 0.656. The lowest BCUT2D eigenvalue weighted by molar-refractivity contribution is 0.249. The molecule has 0 atom stereocenters. The molecule has 0 unspecified atom stereocenters. The molecule has 4 nitrogen and oxygen atoms in total. The zero-order valence-corrected chi connectivity index (χ0v) is 13.0. The molecule has 5 heteroatoms. The molecule has 0 amide bonds. The number of benzene rings is 1. The molecule has 112 valence electrons. The van der Waals surface area contributed by atoms with Crippen LogP contribution in [0.25, 0.3) is 20.7 Å². The lowest BCUT2D eigenvalue weighted by atomic mass is 10.2. The molecule has 3 rings (SSSR count). The number of ether oxygens (including phenoxy) is 1. The summed E-state index contributed by atoms with van der Waals surface area (Å²) in [5, 5.41) is 4.42. The van der Waals surface area contributed by atoms with Gasteiger partial charge in [0.2, 0.25) is 0 Å². The van der Waals surface area contributed by atoms with Crippen molar-refractivity contribution in [3.63, 3.8) is 0 Å². The number of nitrogens with zero attached hydrogens (tertiary/aromatic N) is 2. The Bertz CT molecular complexity index is 755. The van der Waals surface area contributed by atoms with Crippen LogP contribution in [0.1, 0.15) is 6.42 Å². The fourth-order valence-corrected chi connectivity index (χ4v) is 3.19. The van der Waals surface area contributed by atoms with Crippen LogP contribution in [0, 0.1) is 0 Å². The number of aromatic nitrogens is 2. The van der Waals surface area contributed by atoms with Crippen LogP contribution in [0.15, 0.2) is 55.6 Å². The maximum Gasteiger partial charge on any atom is 0.138 e. The highest BCUT2D eigenvalue weighted by molar-refractivity contribution is 7.21. The minimum Gasteiger partial charge on any atom is -0.502 e. The Balaban J connectivity index is 1.80. The molecule has 0 fully saturated rings. The second-order valence-corrected chi connectivity index (χ2v) is 5.77. The second kappa shape index (κ2) is 7.04. The third-order valence-corrected chi connectivity index (χ3v) is 4.33. The first-order valence-electron chi connectivity index (χ1n) is 7.15. The Hall–Kier alpha value is -2.40. The molecule has 0 aliphatic rings. The van der Waals surface area contributed by atoms with Crippen LogP contribution in [0.2, 0.25) is 0 Å². The molecule has 2 heterocycles. The topological polar surface area (TPSA) is 47.0 Å². The zero-order valence-electron chi connectivity index (χ0n) is 12.2. The van der Waals surface area contributed by atoms with Crippen LogP contribution in [0.3, 0.4) is 0 Å². The smallest absolute Gasteiger partial charge is 0.138 e. The SMILES string of the molecule is C=COCCCNc1ncnc2sc(-c3ccccc3)cc12. The van der Waals surface area contributed by atoms with Gasteiger partial charge in [0, 0.05) is 11.4 Å². The van der Waals surface area contributed by atoms with Crippen LogP contribution in [-0.2, 0) is 4.74 Å². The van der Waals surface area contributed by atoms with Gasteiger partial charge in [-0.3, -0.25) is 0 Å². The van der Waals surface area contributed by atoms with Crippen molar-refractivity contribution in [3.05, 3.63) is 55.6 Å². The Morgan fingerprint density at radius 3 is 2.91 bits per heavy atom. The van der Waals surface area contributed by atoms with Gasteiger partial charge in [-0.25, -0.2) is 9.97 Å². The van der Waals surface area contributed by atoms with Crippen molar-refractivity contribution in [2.45, 2.75) is 6.42 Å². The Morgan fingerprint density at radius 1 is 1.23 bits per heavy atom. The van der Waals surface area contributed by atoms with Crippen LogP contribution in [0.4, 0.5) is 5.82 Å². The predicted octanol–water partition coefficient (Wildman–Crippen LogP) is 4.32. The number of fused-ring (bicyclic) bond motifs is 1. The van der Waals surface area contributed by atoms with E-state index in [9.17, 15) is 0 Å². The van der Waals surface area contributed by atoms with Gasteiger partial charge in [0.25, 0.3) is 0 Å². The molecule has 0 bridgehead atoms. The van der Waals surface area contributed by atoms with Crippen molar-refractivity contribution in [3.8, 4) is 10.4 Å². The first kappa shape index (κ1) is 14.5. The van der Waals surface area contributed by atoms with E-state index in [1.54, 1.807) is 17.7 Å². The van der Waals surface area contributed by atoms with Gasteiger partial charge in [-0.2, -0.15) is 0 Å². The Kier molecular flexibility index (Phi) is 4.65. The molecular formula is C17H17N3OS. The van der Waals surface area contributed by atoms with Crippen LogP contribution < -0.4 is 5.32 Å². The lowest BCUT2D eigenvalue weighted by Gasteiger charge is -2.05. The molecule has 1 aromatic carbocycles. The molecule has 0 spiro atoms. The van der Waals surface area contributed by atoms with Crippen LogP contribution >= 0.6 is 11.3 Å². The number of hydrogen-bond acceptors (Lipinski definition) is 5. The highest BCUT2D eigenvalue weighted by atomic mass is 32.1.